The van der Waals surface area contributed by atoms with E-state index < -0.39 is 0 Å². The first-order chi connectivity index (χ1) is 9.24. The van der Waals surface area contributed by atoms with Crippen LogP contribution >= 0.6 is 0 Å². The van der Waals surface area contributed by atoms with Crippen LogP contribution in [0.5, 0.6) is 0 Å². The summed E-state index contributed by atoms with van der Waals surface area (Å²) in [4.78, 5) is 0. The zero-order valence-electron chi connectivity index (χ0n) is 11.7. The molecule has 1 aliphatic carbocycles. The molecule has 3 N–H and O–H groups in total. The van der Waals surface area contributed by atoms with E-state index >= 15 is 0 Å². The summed E-state index contributed by atoms with van der Waals surface area (Å²) in [7, 11) is 0. The minimum Gasteiger partial charge on any atom is -0.398 e. The van der Waals surface area contributed by atoms with Crippen molar-refractivity contribution in [3.8, 4) is 6.07 Å². The largest absolute Gasteiger partial charge is 0.398 e. The summed E-state index contributed by atoms with van der Waals surface area (Å²) in [6.45, 7) is 2.27. The lowest BCUT2D eigenvalue weighted by molar-refractivity contribution is 0.317. The van der Waals surface area contributed by atoms with Gasteiger partial charge in [0.15, 0.2) is 0 Å². The van der Waals surface area contributed by atoms with Gasteiger partial charge in [-0.15, -0.1) is 0 Å². The molecule has 1 aliphatic rings. The monoisotopic (exact) mass is 257 g/mol. The van der Waals surface area contributed by atoms with Crippen LogP contribution in [0.4, 0.5) is 11.4 Å². The number of benzene rings is 1. The predicted molar refractivity (Wildman–Crippen MR) is 79.8 cm³/mol. The predicted octanol–water partition coefficient (Wildman–Crippen LogP) is 3.72. The summed E-state index contributed by atoms with van der Waals surface area (Å²) in [6, 6.07) is 8.69. The summed E-state index contributed by atoms with van der Waals surface area (Å²) < 4.78 is 0. The van der Waals surface area contributed by atoms with E-state index in [0.29, 0.717) is 18.2 Å². The summed E-state index contributed by atoms with van der Waals surface area (Å²) in [5.41, 5.74) is 8.62. The number of nitrogen functional groups attached to an aromatic ring is 1. The van der Waals surface area contributed by atoms with Crippen LogP contribution < -0.4 is 11.1 Å². The quantitative estimate of drug-likeness (QED) is 0.808. The molecule has 1 aromatic rings. The summed E-state index contributed by atoms with van der Waals surface area (Å²) in [5, 5.41) is 12.5. The fourth-order valence-corrected chi connectivity index (χ4v) is 3.03. The number of hydrogen-bond donors (Lipinski definition) is 2. The van der Waals surface area contributed by atoms with Gasteiger partial charge in [-0.05, 0) is 42.5 Å². The highest BCUT2D eigenvalue weighted by molar-refractivity contribution is 5.58. The molecule has 3 heteroatoms. The maximum Gasteiger partial charge on any atom is 0.0670 e. The molecule has 0 bridgehead atoms. The average molecular weight is 257 g/mol. The molecule has 2 rings (SSSR count). The second-order valence-electron chi connectivity index (χ2n) is 5.45. The SMILES string of the molecule is CCC1CCCCC1Nc1ccc(N)c(CC#N)c1. The van der Waals surface area contributed by atoms with Gasteiger partial charge in [0, 0.05) is 17.4 Å². The number of anilines is 2. The number of nitrogens with two attached hydrogens (primary N) is 1. The molecule has 3 nitrogen and oxygen atoms in total. The second kappa shape index (κ2) is 6.47. The van der Waals surface area contributed by atoms with Crippen molar-refractivity contribution in [2.75, 3.05) is 11.1 Å². The molecule has 0 amide bonds. The molecule has 0 saturated heterocycles. The van der Waals surface area contributed by atoms with Gasteiger partial charge in [-0.25, -0.2) is 0 Å². The fourth-order valence-electron chi connectivity index (χ4n) is 3.03. The third kappa shape index (κ3) is 3.41. The van der Waals surface area contributed by atoms with Crippen molar-refractivity contribution in [3.63, 3.8) is 0 Å². The fraction of sp³-hybridized carbons (Fsp3) is 0.562. The lowest BCUT2D eigenvalue weighted by Crippen LogP contribution is -2.31. The minimum atomic E-state index is 0.378. The first kappa shape index (κ1) is 13.7. The highest BCUT2D eigenvalue weighted by Gasteiger charge is 2.23. The van der Waals surface area contributed by atoms with Gasteiger partial charge in [0.1, 0.15) is 0 Å². The Hall–Kier alpha value is -1.69. The van der Waals surface area contributed by atoms with Crippen molar-refractivity contribution in [1.82, 2.24) is 0 Å². The van der Waals surface area contributed by atoms with Gasteiger partial charge >= 0.3 is 0 Å². The molecule has 102 valence electrons. The first-order valence-electron chi connectivity index (χ1n) is 7.26. The van der Waals surface area contributed by atoms with E-state index in [9.17, 15) is 0 Å². The molecule has 0 spiro atoms. The van der Waals surface area contributed by atoms with E-state index in [1.807, 2.05) is 18.2 Å². The molecule has 2 atom stereocenters. The summed E-state index contributed by atoms with van der Waals surface area (Å²) in [5.74, 6) is 0.769. The van der Waals surface area contributed by atoms with Gasteiger partial charge in [-0.2, -0.15) is 5.26 Å². The Bertz CT molecular complexity index is 462. The molecule has 1 fully saturated rings. The van der Waals surface area contributed by atoms with Crippen LogP contribution in [0, 0.1) is 17.2 Å². The van der Waals surface area contributed by atoms with Crippen molar-refractivity contribution in [2.24, 2.45) is 5.92 Å². The molecule has 1 aromatic carbocycles. The summed E-state index contributed by atoms with van der Waals surface area (Å²) >= 11 is 0. The van der Waals surface area contributed by atoms with Crippen LogP contribution in [0.25, 0.3) is 0 Å². The van der Waals surface area contributed by atoms with E-state index in [1.165, 1.54) is 32.1 Å². The first-order valence-corrected chi connectivity index (χ1v) is 7.26. The van der Waals surface area contributed by atoms with Crippen LogP contribution in [0.15, 0.2) is 18.2 Å². The molecule has 0 heterocycles. The molecule has 0 aromatic heterocycles. The van der Waals surface area contributed by atoms with E-state index in [1.54, 1.807) is 0 Å². The highest BCUT2D eigenvalue weighted by Crippen LogP contribution is 2.30. The maximum atomic E-state index is 8.81. The van der Waals surface area contributed by atoms with Gasteiger partial charge < -0.3 is 11.1 Å². The van der Waals surface area contributed by atoms with Crippen LogP contribution in [-0.4, -0.2) is 6.04 Å². The molecule has 0 radical (unpaired) electrons. The Kier molecular flexibility index (Phi) is 4.68. The normalized spacial score (nSPS) is 22.7. The van der Waals surface area contributed by atoms with Crippen LogP contribution in [-0.2, 0) is 6.42 Å². The second-order valence-corrected chi connectivity index (χ2v) is 5.45. The number of hydrogen-bond acceptors (Lipinski definition) is 3. The minimum absolute atomic E-state index is 0.378. The van der Waals surface area contributed by atoms with Crippen molar-refractivity contribution in [1.29, 1.82) is 5.26 Å². The number of rotatable bonds is 4. The average Bonchev–Trinajstić information content (AvgIpc) is 2.43. The molecule has 1 saturated carbocycles. The molecular formula is C16H23N3. The van der Waals surface area contributed by atoms with Gasteiger partial charge in [-0.3, -0.25) is 0 Å². The van der Waals surface area contributed by atoms with Crippen molar-refractivity contribution >= 4 is 11.4 Å². The van der Waals surface area contributed by atoms with Gasteiger partial charge in [-0.1, -0.05) is 26.2 Å². The number of nitrogens with one attached hydrogen (secondary N) is 1. The van der Waals surface area contributed by atoms with Crippen molar-refractivity contribution < 1.29 is 0 Å². The number of nitriles is 1. The Morgan fingerprint density at radius 1 is 1.37 bits per heavy atom. The van der Waals surface area contributed by atoms with Crippen LogP contribution in [0.2, 0.25) is 0 Å². The van der Waals surface area contributed by atoms with Crippen LogP contribution in [0.3, 0.4) is 0 Å². The van der Waals surface area contributed by atoms with E-state index in [4.69, 9.17) is 11.0 Å². The number of nitrogens with zero attached hydrogens (tertiary/aromatic N) is 1. The molecular weight excluding hydrogens is 234 g/mol. The molecule has 0 aliphatic heterocycles. The van der Waals surface area contributed by atoms with E-state index in [0.717, 1.165) is 17.2 Å². The molecule has 2 unspecified atom stereocenters. The Morgan fingerprint density at radius 2 is 2.16 bits per heavy atom. The zero-order valence-corrected chi connectivity index (χ0v) is 11.7. The van der Waals surface area contributed by atoms with Gasteiger partial charge in [0.25, 0.3) is 0 Å². The smallest absolute Gasteiger partial charge is 0.0670 e. The zero-order chi connectivity index (χ0) is 13.7. The summed E-state index contributed by atoms with van der Waals surface area (Å²) in [6.07, 6.45) is 6.86. The lowest BCUT2D eigenvalue weighted by atomic mass is 9.83. The molecule has 19 heavy (non-hydrogen) atoms. The van der Waals surface area contributed by atoms with E-state index in [-0.39, 0.29) is 0 Å². The topological polar surface area (TPSA) is 61.8 Å². The Labute approximate surface area is 115 Å². The van der Waals surface area contributed by atoms with Crippen molar-refractivity contribution in [2.45, 2.75) is 51.5 Å². The van der Waals surface area contributed by atoms with E-state index in [2.05, 4.69) is 18.3 Å². The van der Waals surface area contributed by atoms with Crippen molar-refractivity contribution in [3.05, 3.63) is 23.8 Å². The van der Waals surface area contributed by atoms with Gasteiger partial charge in [0.2, 0.25) is 0 Å². The van der Waals surface area contributed by atoms with Gasteiger partial charge in [0.05, 0.1) is 12.5 Å². The highest BCUT2D eigenvalue weighted by atomic mass is 14.9. The standard InChI is InChI=1S/C16H23N3/c1-2-12-5-3-4-6-16(12)19-14-7-8-15(18)13(11-14)9-10-17/h7-8,11-12,16,19H,2-6,9,18H2,1H3. The lowest BCUT2D eigenvalue weighted by Gasteiger charge is -2.32. The van der Waals surface area contributed by atoms with Crippen LogP contribution in [0.1, 0.15) is 44.6 Å². The Balaban J connectivity index is 2.09. The maximum absolute atomic E-state index is 8.81. The third-order valence-corrected chi connectivity index (χ3v) is 4.20. The Morgan fingerprint density at radius 3 is 2.89 bits per heavy atom. The third-order valence-electron chi connectivity index (χ3n) is 4.20.